The molecular weight excluding hydrogens is 370 g/mol. The SMILES string of the molecule is CCc1nnc(NC(=O)c2ccc3nc(NS(C)(=O)=O)sc3c2)s1. The lowest BCUT2D eigenvalue weighted by molar-refractivity contribution is 0.102. The molecule has 1 amide bonds. The number of aromatic nitrogens is 3. The van der Waals surface area contributed by atoms with E-state index in [1.807, 2.05) is 6.92 Å². The molecule has 24 heavy (non-hydrogen) atoms. The van der Waals surface area contributed by atoms with E-state index in [1.165, 1.54) is 11.3 Å². The van der Waals surface area contributed by atoms with Gasteiger partial charge in [0.25, 0.3) is 5.91 Å². The number of amides is 1. The van der Waals surface area contributed by atoms with Gasteiger partial charge in [-0.3, -0.25) is 14.8 Å². The number of aryl methyl sites for hydroxylation is 1. The van der Waals surface area contributed by atoms with Gasteiger partial charge in [-0.15, -0.1) is 10.2 Å². The minimum absolute atomic E-state index is 0.266. The minimum atomic E-state index is -3.39. The molecule has 126 valence electrons. The Hall–Kier alpha value is -2.11. The molecule has 1 aromatic carbocycles. The van der Waals surface area contributed by atoms with Crippen LogP contribution in [0.25, 0.3) is 10.2 Å². The van der Waals surface area contributed by atoms with Crippen molar-refractivity contribution in [1.82, 2.24) is 15.2 Å². The van der Waals surface area contributed by atoms with Crippen LogP contribution in [-0.4, -0.2) is 35.8 Å². The Morgan fingerprint density at radius 3 is 2.67 bits per heavy atom. The van der Waals surface area contributed by atoms with E-state index in [1.54, 1.807) is 18.2 Å². The molecule has 8 nitrogen and oxygen atoms in total. The van der Waals surface area contributed by atoms with Gasteiger partial charge in [0, 0.05) is 5.56 Å². The van der Waals surface area contributed by atoms with Crippen LogP contribution in [0.5, 0.6) is 0 Å². The first kappa shape index (κ1) is 16.7. The van der Waals surface area contributed by atoms with E-state index in [0.29, 0.717) is 20.9 Å². The molecule has 0 saturated heterocycles. The van der Waals surface area contributed by atoms with Crippen LogP contribution in [0.3, 0.4) is 0 Å². The summed E-state index contributed by atoms with van der Waals surface area (Å²) in [5, 5.41) is 12.1. The van der Waals surface area contributed by atoms with Crippen LogP contribution >= 0.6 is 22.7 Å². The fourth-order valence-corrected chi connectivity index (χ4v) is 4.30. The molecular formula is C13H13N5O3S3. The summed E-state index contributed by atoms with van der Waals surface area (Å²) >= 11 is 2.49. The quantitative estimate of drug-likeness (QED) is 0.699. The average molecular weight is 383 g/mol. The zero-order chi connectivity index (χ0) is 17.3. The van der Waals surface area contributed by atoms with Gasteiger partial charge in [-0.05, 0) is 24.6 Å². The van der Waals surface area contributed by atoms with Crippen molar-refractivity contribution in [2.45, 2.75) is 13.3 Å². The van der Waals surface area contributed by atoms with E-state index < -0.39 is 10.0 Å². The Labute approximate surface area is 146 Å². The third kappa shape index (κ3) is 3.86. The molecule has 2 heterocycles. The van der Waals surface area contributed by atoms with Gasteiger partial charge in [0.15, 0.2) is 5.13 Å². The van der Waals surface area contributed by atoms with E-state index in [9.17, 15) is 13.2 Å². The standard InChI is InChI=1S/C13H13N5O3S3/c1-3-10-16-17-12(23-10)15-11(19)7-4-5-8-9(6-7)22-13(14-8)18-24(2,20)21/h4-6H,3H2,1-2H3,(H,14,18)(H,15,17,19). The van der Waals surface area contributed by atoms with Crippen LogP contribution in [0.15, 0.2) is 18.2 Å². The first-order valence-corrected chi connectivity index (χ1v) is 10.4. The monoisotopic (exact) mass is 383 g/mol. The Kier molecular flexibility index (Phi) is 4.47. The molecule has 11 heteroatoms. The number of benzene rings is 1. The maximum Gasteiger partial charge on any atom is 0.257 e. The smallest absolute Gasteiger partial charge is 0.257 e. The van der Waals surface area contributed by atoms with Gasteiger partial charge in [0.05, 0.1) is 16.5 Å². The summed E-state index contributed by atoms with van der Waals surface area (Å²) in [4.78, 5) is 16.5. The van der Waals surface area contributed by atoms with Gasteiger partial charge in [-0.1, -0.05) is 29.6 Å². The Bertz CT molecular complexity index is 1010. The molecule has 0 fully saturated rings. The van der Waals surface area contributed by atoms with Gasteiger partial charge < -0.3 is 0 Å². The van der Waals surface area contributed by atoms with Crippen LogP contribution in [0.4, 0.5) is 10.3 Å². The lowest BCUT2D eigenvalue weighted by atomic mass is 10.2. The number of rotatable bonds is 5. The number of nitrogens with one attached hydrogen (secondary N) is 2. The van der Waals surface area contributed by atoms with Crippen molar-refractivity contribution < 1.29 is 13.2 Å². The number of hydrogen-bond acceptors (Lipinski definition) is 8. The predicted octanol–water partition coefficient (Wildman–Crippen LogP) is 2.33. The first-order chi connectivity index (χ1) is 11.3. The van der Waals surface area contributed by atoms with Crippen LogP contribution in [0.1, 0.15) is 22.3 Å². The summed E-state index contributed by atoms with van der Waals surface area (Å²) in [6, 6.07) is 4.96. The topological polar surface area (TPSA) is 114 Å². The first-order valence-electron chi connectivity index (χ1n) is 6.86. The predicted molar refractivity (Wildman–Crippen MR) is 95.3 cm³/mol. The zero-order valence-electron chi connectivity index (χ0n) is 12.7. The van der Waals surface area contributed by atoms with Crippen molar-refractivity contribution >= 4 is 59.1 Å². The third-order valence-electron chi connectivity index (χ3n) is 2.91. The number of carbonyl (C=O) groups is 1. The van der Waals surface area contributed by atoms with Gasteiger partial charge in [-0.25, -0.2) is 13.4 Å². The van der Waals surface area contributed by atoms with E-state index >= 15 is 0 Å². The van der Waals surface area contributed by atoms with Gasteiger partial charge in [0.1, 0.15) is 5.01 Å². The molecule has 0 aliphatic carbocycles. The van der Waals surface area contributed by atoms with Crippen LogP contribution in [0.2, 0.25) is 0 Å². The molecule has 0 radical (unpaired) electrons. The van der Waals surface area contributed by atoms with Crippen LogP contribution in [0, 0.1) is 0 Å². The summed E-state index contributed by atoms with van der Waals surface area (Å²) in [5.74, 6) is -0.304. The minimum Gasteiger partial charge on any atom is -0.296 e. The Morgan fingerprint density at radius 1 is 1.21 bits per heavy atom. The summed E-state index contributed by atoms with van der Waals surface area (Å²) in [5.41, 5.74) is 1.05. The molecule has 0 saturated carbocycles. The van der Waals surface area contributed by atoms with E-state index in [-0.39, 0.29) is 11.0 Å². The maximum atomic E-state index is 12.3. The van der Waals surface area contributed by atoms with Crippen molar-refractivity contribution in [3.8, 4) is 0 Å². The third-order valence-corrected chi connectivity index (χ3v) is 5.52. The number of sulfonamides is 1. The van der Waals surface area contributed by atoms with Crippen molar-refractivity contribution in [1.29, 1.82) is 0 Å². The molecule has 0 atom stereocenters. The maximum absolute atomic E-state index is 12.3. The van der Waals surface area contributed by atoms with E-state index in [0.717, 1.165) is 29.0 Å². The normalized spacial score (nSPS) is 11.6. The highest BCUT2D eigenvalue weighted by Gasteiger charge is 2.13. The highest BCUT2D eigenvalue weighted by Crippen LogP contribution is 2.27. The largest absolute Gasteiger partial charge is 0.296 e. The van der Waals surface area contributed by atoms with Gasteiger partial charge >= 0.3 is 0 Å². The molecule has 0 unspecified atom stereocenters. The Morgan fingerprint density at radius 2 is 2.00 bits per heavy atom. The average Bonchev–Trinajstić information content (AvgIpc) is 3.10. The zero-order valence-corrected chi connectivity index (χ0v) is 15.2. The summed E-state index contributed by atoms with van der Waals surface area (Å²) in [7, 11) is -3.39. The highest BCUT2D eigenvalue weighted by atomic mass is 32.2. The number of hydrogen-bond donors (Lipinski definition) is 2. The lowest BCUT2D eigenvalue weighted by Gasteiger charge is -2.00. The second kappa shape index (κ2) is 6.42. The fourth-order valence-electron chi connectivity index (χ4n) is 1.88. The van der Waals surface area contributed by atoms with Crippen molar-refractivity contribution in [2.24, 2.45) is 0 Å². The molecule has 3 rings (SSSR count). The number of nitrogens with zero attached hydrogens (tertiary/aromatic N) is 3. The number of thiazole rings is 1. The Balaban J connectivity index is 1.82. The number of carbonyl (C=O) groups excluding carboxylic acids is 1. The lowest BCUT2D eigenvalue weighted by Crippen LogP contribution is -2.11. The molecule has 3 aromatic rings. The van der Waals surface area contributed by atoms with Crippen LogP contribution in [-0.2, 0) is 16.4 Å². The van der Waals surface area contributed by atoms with Gasteiger partial charge in [0.2, 0.25) is 15.2 Å². The number of anilines is 2. The highest BCUT2D eigenvalue weighted by molar-refractivity contribution is 7.92. The second-order valence-electron chi connectivity index (χ2n) is 4.88. The molecule has 2 N–H and O–H groups in total. The summed E-state index contributed by atoms with van der Waals surface area (Å²) in [6.45, 7) is 1.96. The van der Waals surface area contributed by atoms with E-state index in [2.05, 4.69) is 25.2 Å². The van der Waals surface area contributed by atoms with Crippen molar-refractivity contribution in [3.63, 3.8) is 0 Å². The summed E-state index contributed by atoms with van der Waals surface area (Å²) in [6.07, 6.45) is 1.82. The second-order valence-corrected chi connectivity index (χ2v) is 8.73. The molecule has 2 aromatic heterocycles. The van der Waals surface area contributed by atoms with Gasteiger partial charge in [-0.2, -0.15) is 0 Å². The molecule has 0 spiro atoms. The fraction of sp³-hybridized carbons (Fsp3) is 0.231. The molecule has 0 bridgehead atoms. The van der Waals surface area contributed by atoms with Crippen molar-refractivity contribution in [2.75, 3.05) is 16.3 Å². The van der Waals surface area contributed by atoms with E-state index in [4.69, 9.17) is 0 Å². The molecule has 0 aliphatic rings. The van der Waals surface area contributed by atoms with Crippen molar-refractivity contribution in [3.05, 3.63) is 28.8 Å². The number of fused-ring (bicyclic) bond motifs is 1. The van der Waals surface area contributed by atoms with Crippen LogP contribution < -0.4 is 10.0 Å². The summed E-state index contributed by atoms with van der Waals surface area (Å²) < 4.78 is 25.6. The molecule has 0 aliphatic heterocycles.